The lowest BCUT2D eigenvalue weighted by molar-refractivity contribution is 0.173. The highest BCUT2D eigenvalue weighted by molar-refractivity contribution is 6.64. The summed E-state index contributed by atoms with van der Waals surface area (Å²) in [5, 5.41) is 9.22. The number of hydrogen-bond acceptors (Lipinski definition) is 4. The Balaban J connectivity index is 2.46. The molecule has 2 rings (SSSR count). The molecule has 0 atom stereocenters. The van der Waals surface area contributed by atoms with Crippen molar-refractivity contribution < 1.29 is 14.5 Å². The number of rotatable bonds is 1. The quantitative estimate of drug-likeness (QED) is 0.548. The summed E-state index contributed by atoms with van der Waals surface area (Å²) in [6.45, 7) is 1.04. The van der Waals surface area contributed by atoms with Gasteiger partial charge in [-0.1, -0.05) is 12.1 Å². The average Bonchev–Trinajstić information content (AvgIpc) is 2.17. The van der Waals surface area contributed by atoms with Crippen molar-refractivity contribution in [2.24, 2.45) is 5.64 Å². The number of benzene rings is 1. The second-order valence-electron chi connectivity index (χ2n) is 2.82. The predicted octanol–water partition coefficient (Wildman–Crippen LogP) is -0.896. The lowest BCUT2D eigenvalue weighted by Gasteiger charge is -2.20. The minimum Gasteiger partial charge on any atom is -0.487 e. The Morgan fingerprint density at radius 1 is 1.31 bits per heavy atom. The van der Waals surface area contributed by atoms with Gasteiger partial charge >= 0.3 is 7.05 Å². The van der Waals surface area contributed by atoms with Crippen LogP contribution in [-0.2, 0) is 0 Å². The minimum absolute atomic E-state index is 0.497. The second kappa shape index (κ2) is 3.28. The fourth-order valence-electron chi connectivity index (χ4n) is 1.33. The molecule has 1 heterocycles. The third kappa shape index (κ3) is 1.48. The van der Waals surface area contributed by atoms with Gasteiger partial charge in [-0.25, -0.2) is 0 Å². The second-order valence-corrected chi connectivity index (χ2v) is 2.82. The summed E-state index contributed by atoms with van der Waals surface area (Å²) in [7, 11) is -1.02. The first kappa shape index (κ1) is 8.41. The minimum atomic E-state index is -1.02. The normalized spacial score (nSPS) is 14.0. The van der Waals surface area contributed by atoms with E-state index in [4.69, 9.17) is 15.1 Å². The van der Waals surface area contributed by atoms with Crippen molar-refractivity contribution in [3.8, 4) is 11.5 Å². The number of fused-ring (bicyclic) bond motifs is 1. The molecule has 3 N–H and O–H groups in total. The van der Waals surface area contributed by atoms with Gasteiger partial charge in [0.15, 0.2) is 11.5 Å². The van der Waals surface area contributed by atoms with Gasteiger partial charge < -0.3 is 20.1 Å². The van der Waals surface area contributed by atoms with Gasteiger partial charge in [0.2, 0.25) is 0 Å². The molecule has 1 aromatic rings. The standard InChI is InChI=1S/C8H10BNO3/c10-9(11)6-2-1-3-7-8(6)13-5-4-12-7/h1-3,11H,4-5,10H2. The van der Waals surface area contributed by atoms with E-state index in [0.717, 1.165) is 0 Å². The van der Waals surface area contributed by atoms with E-state index in [9.17, 15) is 5.02 Å². The van der Waals surface area contributed by atoms with Gasteiger partial charge in [-0.3, -0.25) is 0 Å². The largest absolute Gasteiger partial charge is 0.487 e. The van der Waals surface area contributed by atoms with Crippen molar-refractivity contribution >= 4 is 12.5 Å². The topological polar surface area (TPSA) is 64.7 Å². The molecule has 1 aliphatic heterocycles. The Hall–Kier alpha value is -1.20. The molecule has 0 aromatic heterocycles. The molecule has 0 amide bonds. The van der Waals surface area contributed by atoms with Crippen molar-refractivity contribution in [3.63, 3.8) is 0 Å². The molecule has 0 fully saturated rings. The lowest BCUT2D eigenvalue weighted by atomic mass is 9.75. The highest BCUT2D eigenvalue weighted by Crippen LogP contribution is 2.27. The van der Waals surface area contributed by atoms with Crippen LogP contribution in [0, 0.1) is 0 Å². The van der Waals surface area contributed by atoms with E-state index < -0.39 is 7.05 Å². The van der Waals surface area contributed by atoms with E-state index in [2.05, 4.69) is 0 Å². The van der Waals surface area contributed by atoms with Crippen LogP contribution in [0.1, 0.15) is 0 Å². The third-order valence-electron chi connectivity index (χ3n) is 1.92. The molecule has 0 saturated carbocycles. The van der Waals surface area contributed by atoms with E-state index in [1.165, 1.54) is 0 Å². The molecule has 0 aliphatic carbocycles. The molecule has 0 saturated heterocycles. The summed E-state index contributed by atoms with van der Waals surface area (Å²) < 4.78 is 10.7. The molecule has 0 unspecified atom stereocenters. The van der Waals surface area contributed by atoms with Crippen LogP contribution in [0.2, 0.25) is 0 Å². The fourth-order valence-corrected chi connectivity index (χ4v) is 1.33. The van der Waals surface area contributed by atoms with Crippen molar-refractivity contribution in [2.45, 2.75) is 0 Å². The first-order valence-corrected chi connectivity index (χ1v) is 4.11. The summed E-state index contributed by atoms with van der Waals surface area (Å²) in [5.74, 6) is 1.21. The summed E-state index contributed by atoms with van der Waals surface area (Å²) in [6, 6.07) is 5.29. The molecule has 4 nitrogen and oxygen atoms in total. The van der Waals surface area contributed by atoms with Gasteiger partial charge in [-0.05, 0) is 6.07 Å². The molecule has 0 bridgehead atoms. The maximum Gasteiger partial charge on any atom is 0.414 e. The zero-order valence-electron chi connectivity index (χ0n) is 7.06. The van der Waals surface area contributed by atoms with Gasteiger partial charge in [0.05, 0.1) is 0 Å². The van der Waals surface area contributed by atoms with Crippen LogP contribution in [-0.4, -0.2) is 25.3 Å². The van der Waals surface area contributed by atoms with Gasteiger partial charge in [-0.2, -0.15) is 0 Å². The van der Waals surface area contributed by atoms with Crippen molar-refractivity contribution in [3.05, 3.63) is 18.2 Å². The summed E-state index contributed by atoms with van der Waals surface area (Å²) in [4.78, 5) is 0. The summed E-state index contributed by atoms with van der Waals surface area (Å²) >= 11 is 0. The highest BCUT2D eigenvalue weighted by atomic mass is 16.6. The van der Waals surface area contributed by atoms with Crippen molar-refractivity contribution in [1.29, 1.82) is 0 Å². The molecule has 0 spiro atoms. The first-order chi connectivity index (χ1) is 6.29. The van der Waals surface area contributed by atoms with Crippen LogP contribution in [0.4, 0.5) is 0 Å². The zero-order valence-corrected chi connectivity index (χ0v) is 7.06. The van der Waals surface area contributed by atoms with Crippen molar-refractivity contribution in [1.82, 2.24) is 0 Å². The smallest absolute Gasteiger partial charge is 0.414 e. The molecule has 1 aliphatic rings. The number of hydrogen-bond donors (Lipinski definition) is 2. The van der Waals surface area contributed by atoms with E-state index in [1.807, 2.05) is 0 Å². The first-order valence-electron chi connectivity index (χ1n) is 4.11. The third-order valence-corrected chi connectivity index (χ3v) is 1.92. The maximum atomic E-state index is 9.22. The zero-order chi connectivity index (χ0) is 9.26. The Morgan fingerprint density at radius 2 is 2.08 bits per heavy atom. The van der Waals surface area contributed by atoms with Gasteiger partial charge in [0, 0.05) is 5.46 Å². The Morgan fingerprint density at radius 3 is 2.85 bits per heavy atom. The number of para-hydroxylation sites is 1. The van der Waals surface area contributed by atoms with Crippen LogP contribution in [0.3, 0.4) is 0 Å². The Kier molecular flexibility index (Phi) is 2.12. The molecular formula is C8H10BNO3. The van der Waals surface area contributed by atoms with Crippen LogP contribution < -0.4 is 20.6 Å². The van der Waals surface area contributed by atoms with Crippen molar-refractivity contribution in [2.75, 3.05) is 13.2 Å². The molecule has 1 aromatic carbocycles. The maximum absolute atomic E-state index is 9.22. The molecule has 0 radical (unpaired) electrons. The summed E-state index contributed by atoms with van der Waals surface area (Å²) in [6.07, 6.45) is 0. The van der Waals surface area contributed by atoms with Gasteiger partial charge in [-0.15, -0.1) is 0 Å². The molecular weight excluding hydrogens is 169 g/mol. The Bertz CT molecular complexity index is 316. The monoisotopic (exact) mass is 179 g/mol. The van der Waals surface area contributed by atoms with Gasteiger partial charge in [0.1, 0.15) is 13.2 Å². The lowest BCUT2D eigenvalue weighted by Crippen LogP contribution is -2.41. The predicted molar refractivity (Wildman–Crippen MR) is 49.2 cm³/mol. The van der Waals surface area contributed by atoms with E-state index in [-0.39, 0.29) is 0 Å². The molecule has 68 valence electrons. The van der Waals surface area contributed by atoms with E-state index in [0.29, 0.717) is 30.2 Å². The van der Waals surface area contributed by atoms with E-state index >= 15 is 0 Å². The molecule has 13 heavy (non-hydrogen) atoms. The van der Waals surface area contributed by atoms with E-state index in [1.54, 1.807) is 18.2 Å². The summed E-state index contributed by atoms with van der Waals surface area (Å²) in [5.41, 5.74) is 5.92. The number of ether oxygens (including phenoxy) is 2. The Labute approximate surface area is 76.4 Å². The average molecular weight is 179 g/mol. The molecule has 5 heteroatoms. The van der Waals surface area contributed by atoms with Crippen LogP contribution >= 0.6 is 0 Å². The van der Waals surface area contributed by atoms with Crippen LogP contribution in [0.25, 0.3) is 0 Å². The highest BCUT2D eigenvalue weighted by Gasteiger charge is 2.21. The van der Waals surface area contributed by atoms with Crippen LogP contribution in [0.5, 0.6) is 11.5 Å². The number of nitrogens with two attached hydrogens (primary N) is 1. The SMILES string of the molecule is NB(O)c1cccc2c1OCCO2. The van der Waals surface area contributed by atoms with Gasteiger partial charge in [0.25, 0.3) is 0 Å². The van der Waals surface area contributed by atoms with Crippen LogP contribution in [0.15, 0.2) is 18.2 Å². The fraction of sp³-hybridized carbons (Fsp3) is 0.250.